The molecule has 0 heterocycles. The van der Waals surface area contributed by atoms with Crippen LogP contribution < -0.4 is 9.47 Å². The maximum absolute atomic E-state index is 5.82. The standard InChI is InChI=1S/C22H26O2/c1-4-6-7-15-23-22-13-10-19(5-2)20(17-22)14-16-24-21-11-8-18(3)9-12-21/h5,8-14,16-17H,2,4,6-7,15H2,1,3H3/b16-14-. The molecule has 0 aromatic heterocycles. The first-order valence-corrected chi connectivity index (χ1v) is 8.52. The van der Waals surface area contributed by atoms with Crippen molar-refractivity contribution in [1.82, 2.24) is 0 Å². The predicted molar refractivity (Wildman–Crippen MR) is 102 cm³/mol. The lowest BCUT2D eigenvalue weighted by molar-refractivity contribution is 0.306. The van der Waals surface area contributed by atoms with Gasteiger partial charge in [0.2, 0.25) is 0 Å². The van der Waals surface area contributed by atoms with Crippen LogP contribution in [0.4, 0.5) is 0 Å². The van der Waals surface area contributed by atoms with E-state index in [9.17, 15) is 0 Å². The maximum atomic E-state index is 5.82. The van der Waals surface area contributed by atoms with Crippen LogP contribution in [0.15, 0.2) is 55.3 Å². The highest BCUT2D eigenvalue weighted by Gasteiger charge is 2.00. The van der Waals surface area contributed by atoms with Crippen molar-refractivity contribution in [3.05, 3.63) is 72.0 Å². The van der Waals surface area contributed by atoms with Gasteiger partial charge in [-0.3, -0.25) is 0 Å². The Morgan fingerprint density at radius 1 is 0.958 bits per heavy atom. The first kappa shape index (κ1) is 17.9. The number of unbranched alkanes of at least 4 members (excludes halogenated alkanes) is 2. The Balaban J connectivity index is 2.02. The third kappa shape index (κ3) is 5.62. The summed E-state index contributed by atoms with van der Waals surface area (Å²) in [6, 6.07) is 14.0. The second-order valence-electron chi connectivity index (χ2n) is 5.78. The second kappa shape index (κ2) is 9.61. The van der Waals surface area contributed by atoms with Crippen LogP contribution in [0.1, 0.15) is 42.9 Å². The summed E-state index contributed by atoms with van der Waals surface area (Å²) >= 11 is 0. The summed E-state index contributed by atoms with van der Waals surface area (Å²) in [6.45, 7) is 8.87. The van der Waals surface area contributed by atoms with Gasteiger partial charge in [0.25, 0.3) is 0 Å². The minimum atomic E-state index is 0.754. The third-order valence-corrected chi connectivity index (χ3v) is 3.77. The SMILES string of the molecule is C=Cc1ccc(OCCCCC)cc1/C=C\Oc1ccc(C)cc1. The molecule has 0 N–H and O–H groups in total. The molecule has 0 aliphatic heterocycles. The van der Waals surface area contributed by atoms with E-state index in [0.29, 0.717) is 0 Å². The summed E-state index contributed by atoms with van der Waals surface area (Å²) in [5.41, 5.74) is 3.30. The molecule has 2 aromatic rings. The number of hydrogen-bond acceptors (Lipinski definition) is 2. The van der Waals surface area contributed by atoms with Crippen molar-refractivity contribution in [2.24, 2.45) is 0 Å². The van der Waals surface area contributed by atoms with E-state index in [1.165, 1.54) is 18.4 Å². The second-order valence-corrected chi connectivity index (χ2v) is 5.78. The summed E-state index contributed by atoms with van der Waals surface area (Å²) < 4.78 is 11.5. The van der Waals surface area contributed by atoms with Gasteiger partial charge < -0.3 is 9.47 Å². The zero-order valence-electron chi connectivity index (χ0n) is 14.6. The van der Waals surface area contributed by atoms with E-state index in [4.69, 9.17) is 9.47 Å². The molecule has 0 fully saturated rings. The van der Waals surface area contributed by atoms with E-state index in [1.54, 1.807) is 6.26 Å². The van der Waals surface area contributed by atoms with Crippen LogP contribution in [0.2, 0.25) is 0 Å². The largest absolute Gasteiger partial charge is 0.494 e. The fourth-order valence-corrected chi connectivity index (χ4v) is 2.32. The van der Waals surface area contributed by atoms with Gasteiger partial charge in [0.1, 0.15) is 11.5 Å². The zero-order valence-corrected chi connectivity index (χ0v) is 14.6. The number of benzene rings is 2. The van der Waals surface area contributed by atoms with Gasteiger partial charge in [-0.15, -0.1) is 0 Å². The van der Waals surface area contributed by atoms with Crippen molar-refractivity contribution in [3.8, 4) is 11.5 Å². The van der Waals surface area contributed by atoms with Crippen molar-refractivity contribution in [2.75, 3.05) is 6.61 Å². The molecule has 0 aliphatic rings. The van der Waals surface area contributed by atoms with Crippen LogP contribution in [0.25, 0.3) is 12.2 Å². The van der Waals surface area contributed by atoms with E-state index < -0.39 is 0 Å². The molecule has 0 radical (unpaired) electrons. The topological polar surface area (TPSA) is 18.5 Å². The molecular weight excluding hydrogens is 296 g/mol. The summed E-state index contributed by atoms with van der Waals surface area (Å²) in [5, 5.41) is 0. The van der Waals surface area contributed by atoms with Crippen molar-refractivity contribution < 1.29 is 9.47 Å². The summed E-state index contributed by atoms with van der Waals surface area (Å²) in [6.07, 6.45) is 8.96. The number of aryl methyl sites for hydroxylation is 1. The molecule has 0 amide bonds. The van der Waals surface area contributed by atoms with Gasteiger partial charge >= 0.3 is 0 Å². The first-order valence-electron chi connectivity index (χ1n) is 8.52. The van der Waals surface area contributed by atoms with Gasteiger partial charge in [-0.1, -0.05) is 56.2 Å². The van der Waals surface area contributed by atoms with E-state index in [1.807, 2.05) is 54.6 Å². The van der Waals surface area contributed by atoms with Crippen LogP contribution in [0, 0.1) is 6.92 Å². The normalized spacial score (nSPS) is 10.8. The highest BCUT2D eigenvalue weighted by molar-refractivity contribution is 5.65. The molecule has 126 valence electrons. The van der Waals surface area contributed by atoms with Gasteiger partial charge in [-0.2, -0.15) is 0 Å². The van der Waals surface area contributed by atoms with Crippen molar-refractivity contribution in [3.63, 3.8) is 0 Å². The Kier molecular flexibility index (Phi) is 7.16. The Hall–Kier alpha value is -2.48. The molecule has 2 rings (SSSR count). The molecular formula is C22H26O2. The predicted octanol–water partition coefficient (Wildman–Crippen LogP) is 6.26. The number of ether oxygens (including phenoxy) is 2. The number of hydrogen-bond donors (Lipinski definition) is 0. The third-order valence-electron chi connectivity index (χ3n) is 3.77. The first-order chi connectivity index (χ1) is 11.7. The molecule has 0 saturated carbocycles. The van der Waals surface area contributed by atoms with Crippen LogP contribution in [0.5, 0.6) is 11.5 Å². The van der Waals surface area contributed by atoms with Gasteiger partial charge in [0.05, 0.1) is 12.9 Å². The van der Waals surface area contributed by atoms with Gasteiger partial charge in [0, 0.05) is 0 Å². The molecule has 0 spiro atoms. The minimum Gasteiger partial charge on any atom is -0.494 e. The lowest BCUT2D eigenvalue weighted by Crippen LogP contribution is -1.97. The van der Waals surface area contributed by atoms with Crippen LogP contribution in [-0.4, -0.2) is 6.61 Å². The summed E-state index contributed by atoms with van der Waals surface area (Å²) in [4.78, 5) is 0. The van der Waals surface area contributed by atoms with Gasteiger partial charge in [-0.25, -0.2) is 0 Å². The quantitative estimate of drug-likeness (QED) is 0.401. The Morgan fingerprint density at radius 3 is 2.42 bits per heavy atom. The van der Waals surface area contributed by atoms with Crippen molar-refractivity contribution in [1.29, 1.82) is 0 Å². The lowest BCUT2D eigenvalue weighted by atomic mass is 10.1. The van der Waals surface area contributed by atoms with E-state index in [2.05, 4.69) is 20.4 Å². The Bertz CT molecular complexity index is 669. The average molecular weight is 322 g/mol. The van der Waals surface area contributed by atoms with Crippen LogP contribution >= 0.6 is 0 Å². The fraction of sp³-hybridized carbons (Fsp3) is 0.273. The summed E-state index contributed by atoms with van der Waals surface area (Å²) in [7, 11) is 0. The minimum absolute atomic E-state index is 0.754. The highest BCUT2D eigenvalue weighted by Crippen LogP contribution is 2.21. The molecule has 2 heteroatoms. The molecule has 2 aromatic carbocycles. The molecule has 0 aliphatic carbocycles. The Labute approximate surface area is 145 Å². The maximum Gasteiger partial charge on any atom is 0.126 e. The Morgan fingerprint density at radius 2 is 1.71 bits per heavy atom. The smallest absolute Gasteiger partial charge is 0.126 e. The number of rotatable bonds is 9. The lowest BCUT2D eigenvalue weighted by Gasteiger charge is -2.09. The molecule has 0 bridgehead atoms. The monoisotopic (exact) mass is 322 g/mol. The van der Waals surface area contributed by atoms with Crippen LogP contribution in [-0.2, 0) is 0 Å². The van der Waals surface area contributed by atoms with E-state index in [0.717, 1.165) is 35.7 Å². The highest BCUT2D eigenvalue weighted by atomic mass is 16.5. The van der Waals surface area contributed by atoms with Crippen molar-refractivity contribution >= 4 is 12.2 Å². The van der Waals surface area contributed by atoms with Gasteiger partial charge in [0.15, 0.2) is 0 Å². The molecule has 0 unspecified atom stereocenters. The molecule has 24 heavy (non-hydrogen) atoms. The zero-order chi connectivity index (χ0) is 17.2. The van der Waals surface area contributed by atoms with Crippen molar-refractivity contribution in [2.45, 2.75) is 33.1 Å². The molecule has 0 saturated heterocycles. The summed E-state index contributed by atoms with van der Waals surface area (Å²) in [5.74, 6) is 1.70. The average Bonchev–Trinajstić information content (AvgIpc) is 2.61. The van der Waals surface area contributed by atoms with E-state index in [-0.39, 0.29) is 0 Å². The fourth-order valence-electron chi connectivity index (χ4n) is 2.32. The van der Waals surface area contributed by atoms with E-state index >= 15 is 0 Å². The van der Waals surface area contributed by atoms with Crippen LogP contribution in [0.3, 0.4) is 0 Å². The van der Waals surface area contributed by atoms with Gasteiger partial charge in [-0.05, 0) is 54.8 Å². The molecule has 0 atom stereocenters. The molecule has 2 nitrogen and oxygen atoms in total.